The van der Waals surface area contributed by atoms with Gasteiger partial charge in [0, 0.05) is 44.9 Å². The first-order valence-electron chi connectivity index (χ1n) is 9.15. The topological polar surface area (TPSA) is 51.2 Å². The number of hydrogen-bond donors (Lipinski definition) is 0. The first kappa shape index (κ1) is 16.7. The van der Waals surface area contributed by atoms with Crippen LogP contribution in [0, 0.1) is 5.92 Å². The second kappa shape index (κ2) is 7.22. The molecule has 0 aliphatic carbocycles. The summed E-state index contributed by atoms with van der Waals surface area (Å²) in [4.78, 5) is 17.4. The molecule has 1 amide bonds. The van der Waals surface area contributed by atoms with Crippen molar-refractivity contribution in [3.05, 3.63) is 23.8 Å². The maximum Gasteiger partial charge on any atom is 0.229 e. The van der Waals surface area contributed by atoms with E-state index in [0.717, 1.165) is 69.3 Å². The van der Waals surface area contributed by atoms with Gasteiger partial charge in [-0.15, -0.1) is 0 Å². The van der Waals surface area contributed by atoms with Gasteiger partial charge in [0.1, 0.15) is 18.1 Å². The molecule has 6 heteroatoms. The molecule has 3 heterocycles. The van der Waals surface area contributed by atoms with Crippen LogP contribution in [0.25, 0.3) is 0 Å². The number of carbonyl (C=O) groups is 1. The molecule has 3 aliphatic rings. The van der Waals surface area contributed by atoms with Crippen molar-refractivity contribution < 1.29 is 19.0 Å². The van der Waals surface area contributed by atoms with E-state index in [0.29, 0.717) is 12.6 Å². The van der Waals surface area contributed by atoms with Gasteiger partial charge < -0.3 is 19.1 Å². The molecule has 4 rings (SSSR count). The average molecular weight is 346 g/mol. The highest BCUT2D eigenvalue weighted by Crippen LogP contribution is 2.31. The third-order valence-electron chi connectivity index (χ3n) is 5.58. The quantitative estimate of drug-likeness (QED) is 0.823. The summed E-state index contributed by atoms with van der Waals surface area (Å²) in [5.74, 6) is 1.77. The monoisotopic (exact) mass is 346 g/mol. The van der Waals surface area contributed by atoms with Crippen molar-refractivity contribution in [3.8, 4) is 11.5 Å². The molecule has 0 spiro atoms. The van der Waals surface area contributed by atoms with Gasteiger partial charge in [0.15, 0.2) is 0 Å². The van der Waals surface area contributed by atoms with Gasteiger partial charge in [0.2, 0.25) is 5.91 Å². The van der Waals surface area contributed by atoms with Gasteiger partial charge in [0.25, 0.3) is 0 Å². The fraction of sp³-hybridized carbons (Fsp3) is 0.632. The van der Waals surface area contributed by atoms with Crippen LogP contribution in [-0.2, 0) is 16.0 Å². The van der Waals surface area contributed by atoms with Crippen molar-refractivity contribution in [3.63, 3.8) is 0 Å². The lowest BCUT2D eigenvalue weighted by atomic mass is 9.95. The summed E-state index contributed by atoms with van der Waals surface area (Å²) in [6.07, 6.45) is 1.86. The van der Waals surface area contributed by atoms with Crippen molar-refractivity contribution in [1.29, 1.82) is 0 Å². The number of piperazine rings is 1. The van der Waals surface area contributed by atoms with Crippen molar-refractivity contribution in [1.82, 2.24) is 9.80 Å². The van der Waals surface area contributed by atoms with Gasteiger partial charge in [-0.1, -0.05) is 6.07 Å². The lowest BCUT2D eigenvalue weighted by Gasteiger charge is -2.39. The second-order valence-corrected chi connectivity index (χ2v) is 7.06. The zero-order chi connectivity index (χ0) is 17.2. The molecule has 0 aromatic heterocycles. The Hall–Kier alpha value is -1.79. The van der Waals surface area contributed by atoms with E-state index in [1.807, 2.05) is 23.1 Å². The van der Waals surface area contributed by atoms with Gasteiger partial charge in [-0.25, -0.2) is 0 Å². The molecule has 0 N–H and O–H groups in total. The van der Waals surface area contributed by atoms with E-state index >= 15 is 0 Å². The Morgan fingerprint density at radius 1 is 1.20 bits per heavy atom. The zero-order valence-corrected chi connectivity index (χ0v) is 14.8. The normalized spacial score (nSPS) is 26.8. The Bertz CT molecular complexity index is 622. The Labute approximate surface area is 148 Å². The van der Waals surface area contributed by atoms with E-state index in [-0.39, 0.29) is 11.8 Å². The number of carbonyl (C=O) groups excluding carboxylic acids is 1. The molecular formula is C19H26N2O4. The van der Waals surface area contributed by atoms with Crippen molar-refractivity contribution in [2.75, 3.05) is 53.1 Å². The van der Waals surface area contributed by atoms with E-state index < -0.39 is 0 Å². The molecule has 1 aromatic rings. The Kier molecular flexibility index (Phi) is 4.81. The van der Waals surface area contributed by atoms with E-state index in [1.165, 1.54) is 0 Å². The number of amides is 1. The first-order chi connectivity index (χ1) is 12.2. The van der Waals surface area contributed by atoms with Gasteiger partial charge >= 0.3 is 0 Å². The number of benzene rings is 1. The highest BCUT2D eigenvalue weighted by atomic mass is 16.5. The number of ether oxygens (including phenoxy) is 3. The molecular weight excluding hydrogens is 320 g/mol. The maximum atomic E-state index is 12.9. The molecule has 2 fully saturated rings. The lowest BCUT2D eigenvalue weighted by molar-refractivity contribution is -0.139. The van der Waals surface area contributed by atoms with E-state index in [2.05, 4.69) is 4.90 Å². The zero-order valence-electron chi connectivity index (χ0n) is 14.8. The van der Waals surface area contributed by atoms with Crippen molar-refractivity contribution >= 4 is 5.91 Å². The lowest BCUT2D eigenvalue weighted by Crippen LogP contribution is -2.54. The minimum Gasteiger partial charge on any atom is -0.497 e. The van der Waals surface area contributed by atoms with Gasteiger partial charge in [0.05, 0.1) is 19.6 Å². The molecule has 1 aromatic carbocycles. The van der Waals surface area contributed by atoms with Crippen LogP contribution in [0.2, 0.25) is 0 Å². The van der Waals surface area contributed by atoms with Crippen LogP contribution in [0.1, 0.15) is 12.0 Å². The third kappa shape index (κ3) is 3.46. The van der Waals surface area contributed by atoms with E-state index in [9.17, 15) is 4.79 Å². The van der Waals surface area contributed by atoms with Crippen LogP contribution >= 0.6 is 0 Å². The number of rotatable bonds is 3. The van der Waals surface area contributed by atoms with Gasteiger partial charge in [-0.3, -0.25) is 9.69 Å². The fourth-order valence-electron chi connectivity index (χ4n) is 4.01. The fourth-order valence-corrected chi connectivity index (χ4v) is 4.01. The Morgan fingerprint density at radius 3 is 2.76 bits per heavy atom. The SMILES string of the molecule is COc1ccc2c(c1)OC[C@H](C(=O)N1CCN([C@@H]3CCOC3)CC1)C2. The average Bonchev–Trinajstić information content (AvgIpc) is 3.21. The third-order valence-corrected chi connectivity index (χ3v) is 5.58. The van der Waals surface area contributed by atoms with Gasteiger partial charge in [-0.05, 0) is 24.5 Å². The number of fused-ring (bicyclic) bond motifs is 1. The Morgan fingerprint density at radius 2 is 2.04 bits per heavy atom. The molecule has 0 unspecified atom stereocenters. The molecule has 2 atom stereocenters. The number of hydrogen-bond acceptors (Lipinski definition) is 5. The minimum atomic E-state index is -0.0812. The summed E-state index contributed by atoms with van der Waals surface area (Å²) < 4.78 is 16.6. The standard InChI is InChI=1S/C19H26N2O4/c1-23-17-3-2-14-10-15(12-25-18(14)11-17)19(22)21-7-5-20(6-8-21)16-4-9-24-13-16/h2-3,11,15-16H,4-10,12-13H2,1H3/t15-,16-/m1/s1. The molecule has 6 nitrogen and oxygen atoms in total. The highest BCUT2D eigenvalue weighted by molar-refractivity contribution is 5.80. The summed E-state index contributed by atoms with van der Waals surface area (Å²) in [6, 6.07) is 6.37. The van der Waals surface area contributed by atoms with E-state index in [4.69, 9.17) is 14.2 Å². The molecule has 3 aliphatic heterocycles. The van der Waals surface area contributed by atoms with Gasteiger partial charge in [-0.2, -0.15) is 0 Å². The minimum absolute atomic E-state index is 0.0812. The van der Waals surface area contributed by atoms with Crippen molar-refractivity contribution in [2.45, 2.75) is 18.9 Å². The second-order valence-electron chi connectivity index (χ2n) is 7.06. The maximum absolute atomic E-state index is 12.9. The Balaban J connectivity index is 1.34. The van der Waals surface area contributed by atoms with Crippen LogP contribution in [0.4, 0.5) is 0 Å². The first-order valence-corrected chi connectivity index (χ1v) is 9.15. The number of nitrogens with zero attached hydrogens (tertiary/aromatic N) is 2. The van der Waals surface area contributed by atoms with Crippen LogP contribution in [0.3, 0.4) is 0 Å². The molecule has 136 valence electrons. The molecule has 25 heavy (non-hydrogen) atoms. The van der Waals surface area contributed by atoms with E-state index in [1.54, 1.807) is 7.11 Å². The largest absolute Gasteiger partial charge is 0.497 e. The summed E-state index contributed by atoms with van der Waals surface area (Å²) >= 11 is 0. The molecule has 2 saturated heterocycles. The predicted octanol–water partition coefficient (Wildman–Crippen LogP) is 1.18. The predicted molar refractivity (Wildman–Crippen MR) is 93.1 cm³/mol. The number of methoxy groups -OCH3 is 1. The van der Waals surface area contributed by atoms with Crippen LogP contribution in [-0.4, -0.2) is 74.9 Å². The molecule has 0 bridgehead atoms. The highest BCUT2D eigenvalue weighted by Gasteiger charge is 2.33. The summed E-state index contributed by atoms with van der Waals surface area (Å²) in [6.45, 7) is 5.67. The molecule has 0 saturated carbocycles. The van der Waals surface area contributed by atoms with Crippen LogP contribution < -0.4 is 9.47 Å². The summed E-state index contributed by atoms with van der Waals surface area (Å²) in [5.41, 5.74) is 1.09. The summed E-state index contributed by atoms with van der Waals surface area (Å²) in [5, 5.41) is 0. The smallest absolute Gasteiger partial charge is 0.229 e. The van der Waals surface area contributed by atoms with Crippen LogP contribution in [0.15, 0.2) is 18.2 Å². The van der Waals surface area contributed by atoms with Crippen LogP contribution in [0.5, 0.6) is 11.5 Å². The van der Waals surface area contributed by atoms with Crippen molar-refractivity contribution in [2.24, 2.45) is 5.92 Å². The molecule has 0 radical (unpaired) electrons. The summed E-state index contributed by atoms with van der Waals surface area (Å²) in [7, 11) is 1.65.